The number of ether oxygens (including phenoxy) is 1. The summed E-state index contributed by atoms with van der Waals surface area (Å²) in [5.74, 6) is 0.150. The number of carbonyl (C=O) groups excluding carboxylic acids is 3. The van der Waals surface area contributed by atoms with Crippen LogP contribution in [0.15, 0.2) is 34.4 Å². The van der Waals surface area contributed by atoms with Gasteiger partial charge in [0.05, 0.1) is 12.0 Å². The highest BCUT2D eigenvalue weighted by atomic mass is 16.5. The smallest absolute Gasteiger partial charge is 0.317 e. The predicted octanol–water partition coefficient (Wildman–Crippen LogP) is 5.28. The molecule has 31 heavy (non-hydrogen) atoms. The SMILES string of the molecule is CC(C)COC(=O)[C@@H]1C=C2CC(=O)CCC2(C)C2=C1C1=CC[C@@]3(C)CCC(=O)[C@@]13CC2. The van der Waals surface area contributed by atoms with Crippen molar-refractivity contribution in [3.63, 3.8) is 0 Å². The van der Waals surface area contributed by atoms with Gasteiger partial charge in [0.15, 0.2) is 0 Å². The molecule has 1 spiro atoms. The van der Waals surface area contributed by atoms with Crippen LogP contribution < -0.4 is 0 Å². The Morgan fingerprint density at radius 2 is 1.90 bits per heavy atom. The summed E-state index contributed by atoms with van der Waals surface area (Å²) in [5, 5.41) is 0. The first-order chi connectivity index (χ1) is 14.6. The Morgan fingerprint density at radius 1 is 1.13 bits per heavy atom. The second-order valence-electron chi connectivity index (χ2n) is 11.3. The number of fused-ring (bicyclic) bond motifs is 3. The van der Waals surface area contributed by atoms with E-state index >= 15 is 0 Å². The fourth-order valence-electron chi connectivity index (χ4n) is 7.30. The van der Waals surface area contributed by atoms with Gasteiger partial charge in [0.25, 0.3) is 0 Å². The minimum absolute atomic E-state index is 0.0300. The molecule has 0 aromatic rings. The number of ketones is 2. The molecule has 4 atom stereocenters. The zero-order valence-electron chi connectivity index (χ0n) is 19.3. The molecule has 0 N–H and O–H groups in total. The van der Waals surface area contributed by atoms with Gasteiger partial charge in [-0.15, -0.1) is 0 Å². The van der Waals surface area contributed by atoms with Gasteiger partial charge < -0.3 is 4.74 Å². The first-order valence-electron chi connectivity index (χ1n) is 12.0. The van der Waals surface area contributed by atoms with E-state index in [1.807, 2.05) is 19.9 Å². The largest absolute Gasteiger partial charge is 0.465 e. The number of hydrogen-bond acceptors (Lipinski definition) is 4. The molecule has 0 heterocycles. The molecule has 0 aliphatic heterocycles. The molecule has 0 aromatic carbocycles. The zero-order valence-corrected chi connectivity index (χ0v) is 19.3. The summed E-state index contributed by atoms with van der Waals surface area (Å²) in [7, 11) is 0. The van der Waals surface area contributed by atoms with Gasteiger partial charge in [0, 0.05) is 24.7 Å². The molecule has 2 fully saturated rings. The molecular formula is C27H34O4. The van der Waals surface area contributed by atoms with Gasteiger partial charge in [-0.3, -0.25) is 14.4 Å². The number of Topliss-reactive ketones (excluding diaryl/α,β-unsaturated/α-hetero) is 2. The molecule has 0 bridgehead atoms. The molecule has 166 valence electrons. The van der Waals surface area contributed by atoms with E-state index in [-0.39, 0.29) is 28.5 Å². The topological polar surface area (TPSA) is 60.4 Å². The number of allylic oxidation sites excluding steroid dienone is 4. The highest BCUT2D eigenvalue weighted by Gasteiger charge is 2.65. The molecular weight excluding hydrogens is 388 g/mol. The summed E-state index contributed by atoms with van der Waals surface area (Å²) in [6.45, 7) is 8.97. The highest BCUT2D eigenvalue weighted by molar-refractivity contribution is 5.96. The maximum atomic E-state index is 13.4. The van der Waals surface area contributed by atoms with Crippen LogP contribution in [0, 0.1) is 28.1 Å². The minimum Gasteiger partial charge on any atom is -0.465 e. The number of rotatable bonds is 3. The third-order valence-corrected chi connectivity index (χ3v) is 9.15. The van der Waals surface area contributed by atoms with Crippen molar-refractivity contribution in [2.45, 2.75) is 79.1 Å². The van der Waals surface area contributed by atoms with E-state index in [9.17, 15) is 14.4 Å². The Morgan fingerprint density at radius 3 is 2.65 bits per heavy atom. The van der Waals surface area contributed by atoms with Crippen molar-refractivity contribution in [1.29, 1.82) is 0 Å². The van der Waals surface area contributed by atoms with E-state index in [0.717, 1.165) is 48.8 Å². The fourth-order valence-corrected chi connectivity index (χ4v) is 7.30. The summed E-state index contributed by atoms with van der Waals surface area (Å²) in [6, 6.07) is 0. The van der Waals surface area contributed by atoms with Crippen LogP contribution in [0.2, 0.25) is 0 Å². The monoisotopic (exact) mass is 422 g/mol. The molecule has 2 saturated carbocycles. The molecule has 5 aliphatic carbocycles. The van der Waals surface area contributed by atoms with Gasteiger partial charge >= 0.3 is 5.97 Å². The van der Waals surface area contributed by atoms with E-state index in [2.05, 4.69) is 19.9 Å². The summed E-state index contributed by atoms with van der Waals surface area (Å²) >= 11 is 0. The van der Waals surface area contributed by atoms with Crippen LogP contribution in [-0.2, 0) is 19.1 Å². The van der Waals surface area contributed by atoms with Crippen LogP contribution in [0.4, 0.5) is 0 Å². The van der Waals surface area contributed by atoms with E-state index < -0.39 is 11.3 Å². The third-order valence-electron chi connectivity index (χ3n) is 9.15. The Hall–Kier alpha value is -1.97. The van der Waals surface area contributed by atoms with Gasteiger partial charge in [-0.1, -0.05) is 51.0 Å². The van der Waals surface area contributed by atoms with Crippen molar-refractivity contribution in [1.82, 2.24) is 0 Å². The molecule has 1 unspecified atom stereocenters. The predicted molar refractivity (Wildman–Crippen MR) is 118 cm³/mol. The Labute approximate surface area is 185 Å². The fraction of sp³-hybridized carbons (Fsp3) is 0.667. The zero-order chi connectivity index (χ0) is 22.2. The first-order valence-corrected chi connectivity index (χ1v) is 12.0. The van der Waals surface area contributed by atoms with Crippen molar-refractivity contribution in [3.05, 3.63) is 34.4 Å². The average Bonchev–Trinajstić information content (AvgIpc) is 3.16. The van der Waals surface area contributed by atoms with Crippen LogP contribution in [-0.4, -0.2) is 24.1 Å². The highest BCUT2D eigenvalue weighted by Crippen LogP contribution is 2.70. The lowest BCUT2D eigenvalue weighted by atomic mass is 9.51. The van der Waals surface area contributed by atoms with Crippen LogP contribution in [0.5, 0.6) is 0 Å². The Balaban J connectivity index is 1.65. The molecule has 0 amide bonds. The van der Waals surface area contributed by atoms with Crippen LogP contribution in [0.25, 0.3) is 0 Å². The number of hydrogen-bond donors (Lipinski definition) is 0. The molecule has 5 aliphatic rings. The number of carbonyl (C=O) groups is 3. The van der Waals surface area contributed by atoms with Crippen molar-refractivity contribution < 1.29 is 19.1 Å². The summed E-state index contributed by atoms with van der Waals surface area (Å²) in [6.07, 6.45) is 10.3. The summed E-state index contributed by atoms with van der Waals surface area (Å²) in [4.78, 5) is 39.0. The van der Waals surface area contributed by atoms with E-state index in [1.165, 1.54) is 5.57 Å². The van der Waals surface area contributed by atoms with Crippen molar-refractivity contribution in [3.8, 4) is 0 Å². The van der Waals surface area contributed by atoms with Gasteiger partial charge in [-0.25, -0.2) is 0 Å². The van der Waals surface area contributed by atoms with Crippen molar-refractivity contribution in [2.24, 2.45) is 28.1 Å². The number of esters is 1. The lowest BCUT2D eigenvalue weighted by Gasteiger charge is -2.51. The molecule has 5 rings (SSSR count). The molecule has 4 nitrogen and oxygen atoms in total. The Bertz CT molecular complexity index is 979. The van der Waals surface area contributed by atoms with E-state index in [0.29, 0.717) is 31.7 Å². The van der Waals surface area contributed by atoms with Gasteiger partial charge in [0.1, 0.15) is 17.5 Å². The van der Waals surface area contributed by atoms with Crippen LogP contribution >= 0.6 is 0 Å². The van der Waals surface area contributed by atoms with Crippen LogP contribution in [0.3, 0.4) is 0 Å². The van der Waals surface area contributed by atoms with Crippen molar-refractivity contribution in [2.75, 3.05) is 6.61 Å². The lowest BCUT2D eigenvalue weighted by Crippen LogP contribution is -2.46. The third kappa shape index (κ3) is 2.69. The summed E-state index contributed by atoms with van der Waals surface area (Å²) in [5.41, 5.74) is 3.93. The van der Waals surface area contributed by atoms with Gasteiger partial charge in [-0.05, 0) is 54.6 Å². The molecule has 0 aromatic heterocycles. The maximum absolute atomic E-state index is 13.4. The van der Waals surface area contributed by atoms with E-state index in [1.54, 1.807) is 0 Å². The van der Waals surface area contributed by atoms with Crippen LogP contribution in [0.1, 0.15) is 79.1 Å². The minimum atomic E-state index is -0.498. The van der Waals surface area contributed by atoms with Gasteiger partial charge in [0.2, 0.25) is 0 Å². The van der Waals surface area contributed by atoms with Gasteiger partial charge in [-0.2, -0.15) is 0 Å². The molecule has 0 saturated heterocycles. The quantitative estimate of drug-likeness (QED) is 0.459. The average molecular weight is 423 g/mol. The standard InChI is InChI=1S/C27H34O4/c1-16(2)15-31-24(30)19-14-17-13-18(28)5-11-26(17,4)20-7-12-27-21(23(19)20)6-9-25(27,3)10-8-22(27)29/h6,14,16,19H,5,7-13,15H2,1-4H3/t19-,25+,26?,27-/m1/s1. The second-order valence-corrected chi connectivity index (χ2v) is 11.3. The summed E-state index contributed by atoms with van der Waals surface area (Å²) < 4.78 is 5.73. The molecule has 0 radical (unpaired) electrons. The van der Waals surface area contributed by atoms with E-state index in [4.69, 9.17) is 4.74 Å². The normalized spacial score (nSPS) is 38.9. The maximum Gasteiger partial charge on any atom is 0.317 e. The lowest BCUT2D eigenvalue weighted by molar-refractivity contribution is -0.147. The molecule has 4 heteroatoms. The first kappa shape index (κ1) is 20.9. The second kappa shape index (κ2) is 6.76. The Kier molecular flexibility index (Phi) is 4.56. The van der Waals surface area contributed by atoms with Crippen molar-refractivity contribution >= 4 is 17.5 Å².